The van der Waals surface area contributed by atoms with Crippen LogP contribution in [0, 0.1) is 17.3 Å². The number of nitrogens with one attached hydrogen (secondary N) is 3. The van der Waals surface area contributed by atoms with Crippen LogP contribution in [0.4, 0.5) is 4.79 Å². The third-order valence-corrected chi connectivity index (χ3v) is 7.23. The van der Waals surface area contributed by atoms with Gasteiger partial charge in [0, 0.05) is 7.05 Å². The molecular formula is C28H41N3O7S. The average Bonchev–Trinajstić information content (AvgIpc) is 3.16. The van der Waals surface area contributed by atoms with Crippen molar-refractivity contribution in [1.29, 1.82) is 0 Å². The van der Waals surface area contributed by atoms with E-state index in [0.29, 0.717) is 18.6 Å². The van der Waals surface area contributed by atoms with Gasteiger partial charge in [-0.3, -0.25) is 29.3 Å². The Hall–Kier alpha value is -2.92. The van der Waals surface area contributed by atoms with Crippen molar-refractivity contribution in [2.24, 2.45) is 17.3 Å². The van der Waals surface area contributed by atoms with Gasteiger partial charge in [0.05, 0.1) is 17.8 Å². The van der Waals surface area contributed by atoms with E-state index in [1.165, 1.54) is 14.0 Å². The number of ether oxygens (including phenoxy) is 2. The maximum Gasteiger partial charge on any atom is 0.286 e. The van der Waals surface area contributed by atoms with E-state index < -0.39 is 34.6 Å². The second-order valence-electron chi connectivity index (χ2n) is 11.1. The number of ketones is 1. The van der Waals surface area contributed by atoms with E-state index in [2.05, 4.69) is 16.0 Å². The Morgan fingerprint density at radius 2 is 1.69 bits per heavy atom. The topological polar surface area (TPSA) is 140 Å². The second kappa shape index (κ2) is 14.5. The second-order valence-corrected chi connectivity index (χ2v) is 12.3. The molecule has 1 aliphatic rings. The molecule has 39 heavy (non-hydrogen) atoms. The lowest BCUT2D eigenvalue weighted by atomic mass is 9.84. The Labute approximate surface area is 234 Å². The molecule has 4 unspecified atom stereocenters. The zero-order valence-corrected chi connectivity index (χ0v) is 24.6. The van der Waals surface area contributed by atoms with Gasteiger partial charge in [0.2, 0.25) is 17.7 Å². The van der Waals surface area contributed by atoms with Crippen molar-refractivity contribution in [3.63, 3.8) is 0 Å². The van der Waals surface area contributed by atoms with Crippen molar-refractivity contribution in [3.8, 4) is 5.75 Å². The molecule has 3 N–H and O–H groups in total. The number of rotatable bonds is 14. The van der Waals surface area contributed by atoms with Crippen LogP contribution in [-0.2, 0) is 30.3 Å². The lowest BCUT2D eigenvalue weighted by Gasteiger charge is -2.33. The molecule has 216 valence electrons. The summed E-state index contributed by atoms with van der Waals surface area (Å²) in [5.74, 6) is -1.35. The van der Waals surface area contributed by atoms with Gasteiger partial charge in [-0.2, -0.15) is 0 Å². The van der Waals surface area contributed by atoms with Crippen LogP contribution in [0.25, 0.3) is 0 Å². The first-order valence-electron chi connectivity index (χ1n) is 13.1. The van der Waals surface area contributed by atoms with Crippen LogP contribution in [0.2, 0.25) is 0 Å². The number of likely N-dealkylation sites (N-methyl/N-ethyl adjacent to an activating group) is 1. The molecule has 1 aliphatic heterocycles. The SMILES string of the molecule is CNC(=O)C(NC(=O)C(CC(C)C)C(OCCOc1ccc(CC2SC(=O)NC2=O)cc1)C(C)=O)C(C)(C)C. The summed E-state index contributed by atoms with van der Waals surface area (Å²) in [7, 11) is 1.52. The first-order chi connectivity index (χ1) is 18.2. The molecule has 0 aliphatic carbocycles. The van der Waals surface area contributed by atoms with E-state index in [9.17, 15) is 24.0 Å². The number of benzene rings is 1. The number of Topliss-reactive ketones (excluding diaryl/α,β-unsaturated/α-hetero) is 1. The summed E-state index contributed by atoms with van der Waals surface area (Å²) in [5, 5.41) is 6.94. The number of thioether (sulfide) groups is 1. The lowest BCUT2D eigenvalue weighted by molar-refractivity contribution is -0.145. The molecule has 0 saturated carbocycles. The molecule has 1 heterocycles. The molecule has 10 nitrogen and oxygen atoms in total. The van der Waals surface area contributed by atoms with Crippen molar-refractivity contribution < 1.29 is 33.4 Å². The molecule has 2 rings (SSSR count). The first kappa shape index (κ1) is 32.3. The number of carbonyl (C=O) groups excluding carboxylic acids is 5. The van der Waals surface area contributed by atoms with E-state index >= 15 is 0 Å². The summed E-state index contributed by atoms with van der Waals surface area (Å²) < 4.78 is 11.6. The van der Waals surface area contributed by atoms with E-state index in [1.807, 2.05) is 46.8 Å². The minimum atomic E-state index is -0.985. The fraction of sp³-hybridized carbons (Fsp3) is 0.607. The normalized spacial score (nSPS) is 17.8. The summed E-state index contributed by atoms with van der Waals surface area (Å²) >= 11 is 0.986. The molecule has 0 spiro atoms. The number of carbonyl (C=O) groups is 5. The van der Waals surface area contributed by atoms with Gasteiger partial charge in [-0.1, -0.05) is 58.5 Å². The standard InChI is InChI=1S/C28H41N3O7S/c1-16(2)14-20(24(33)30-23(26(35)29-7)28(4,5)6)22(17(3)32)38-13-12-37-19-10-8-18(9-11-19)15-21-25(34)31-27(36)39-21/h8-11,16,20-23H,12-15H2,1-7H3,(H,29,35)(H,30,33)(H,31,34,36). The van der Waals surface area contributed by atoms with Gasteiger partial charge in [-0.25, -0.2) is 0 Å². The van der Waals surface area contributed by atoms with Gasteiger partial charge < -0.3 is 20.1 Å². The number of hydrogen-bond donors (Lipinski definition) is 3. The van der Waals surface area contributed by atoms with Gasteiger partial charge >= 0.3 is 0 Å². The largest absolute Gasteiger partial charge is 0.491 e. The Bertz CT molecular complexity index is 1040. The summed E-state index contributed by atoms with van der Waals surface area (Å²) in [6, 6.07) is 6.40. The number of imide groups is 1. The fourth-order valence-corrected chi connectivity index (χ4v) is 5.12. The van der Waals surface area contributed by atoms with Crippen molar-refractivity contribution in [3.05, 3.63) is 29.8 Å². The minimum Gasteiger partial charge on any atom is -0.491 e. The Balaban J connectivity index is 1.98. The molecule has 11 heteroatoms. The van der Waals surface area contributed by atoms with Crippen molar-refractivity contribution in [1.82, 2.24) is 16.0 Å². The first-order valence-corrected chi connectivity index (χ1v) is 14.0. The van der Waals surface area contributed by atoms with E-state index in [0.717, 1.165) is 17.3 Å². The van der Waals surface area contributed by atoms with Crippen LogP contribution in [-0.4, -0.2) is 66.4 Å². The summed E-state index contributed by atoms with van der Waals surface area (Å²) in [4.78, 5) is 61.5. The van der Waals surface area contributed by atoms with Gasteiger partial charge in [0.15, 0.2) is 5.78 Å². The molecule has 4 atom stereocenters. The Kier molecular flexibility index (Phi) is 12.0. The summed E-state index contributed by atoms with van der Waals surface area (Å²) in [6.07, 6.45) is -0.144. The van der Waals surface area contributed by atoms with E-state index in [1.54, 1.807) is 12.1 Å². The lowest BCUT2D eigenvalue weighted by Crippen LogP contribution is -2.56. The number of amides is 4. The number of hydrogen-bond acceptors (Lipinski definition) is 8. The molecule has 1 aromatic carbocycles. The highest BCUT2D eigenvalue weighted by molar-refractivity contribution is 8.15. The molecule has 0 aromatic heterocycles. The highest BCUT2D eigenvalue weighted by Gasteiger charge is 2.38. The predicted octanol–water partition coefficient (Wildman–Crippen LogP) is 2.87. The minimum absolute atomic E-state index is 0.0764. The van der Waals surface area contributed by atoms with Gasteiger partial charge in [-0.05, 0) is 48.8 Å². The zero-order valence-electron chi connectivity index (χ0n) is 23.8. The molecule has 4 amide bonds. The zero-order chi connectivity index (χ0) is 29.3. The van der Waals surface area contributed by atoms with Crippen LogP contribution in [0.5, 0.6) is 5.75 Å². The quantitative estimate of drug-likeness (QED) is 0.294. The van der Waals surface area contributed by atoms with Crippen LogP contribution in [0.1, 0.15) is 53.5 Å². The predicted molar refractivity (Wildman–Crippen MR) is 149 cm³/mol. The molecular weight excluding hydrogens is 522 g/mol. The van der Waals surface area contributed by atoms with Gasteiger partial charge in [0.1, 0.15) is 24.5 Å². The van der Waals surface area contributed by atoms with Gasteiger partial charge in [-0.15, -0.1) is 0 Å². The maximum atomic E-state index is 13.4. The van der Waals surface area contributed by atoms with Crippen molar-refractivity contribution in [2.75, 3.05) is 20.3 Å². The molecule has 1 saturated heterocycles. The van der Waals surface area contributed by atoms with Crippen LogP contribution in [0.15, 0.2) is 24.3 Å². The molecule has 1 fully saturated rings. The smallest absolute Gasteiger partial charge is 0.286 e. The molecule has 0 radical (unpaired) electrons. The van der Waals surface area contributed by atoms with Crippen LogP contribution >= 0.6 is 11.8 Å². The van der Waals surface area contributed by atoms with Crippen molar-refractivity contribution >= 4 is 40.5 Å². The average molecular weight is 564 g/mol. The van der Waals surface area contributed by atoms with Crippen molar-refractivity contribution in [2.45, 2.75) is 71.8 Å². The van der Waals surface area contributed by atoms with Gasteiger partial charge in [0.25, 0.3) is 5.24 Å². The Morgan fingerprint density at radius 3 is 2.18 bits per heavy atom. The monoisotopic (exact) mass is 563 g/mol. The van der Waals surface area contributed by atoms with E-state index in [-0.39, 0.29) is 42.0 Å². The van der Waals surface area contributed by atoms with Crippen LogP contribution in [0.3, 0.4) is 0 Å². The third kappa shape index (κ3) is 9.96. The highest BCUT2D eigenvalue weighted by atomic mass is 32.2. The highest BCUT2D eigenvalue weighted by Crippen LogP contribution is 2.25. The third-order valence-electron chi connectivity index (χ3n) is 6.25. The maximum absolute atomic E-state index is 13.4. The summed E-state index contributed by atoms with van der Waals surface area (Å²) in [6.45, 7) is 11.1. The Morgan fingerprint density at radius 1 is 1.05 bits per heavy atom. The molecule has 1 aromatic rings. The van der Waals surface area contributed by atoms with E-state index in [4.69, 9.17) is 9.47 Å². The molecule has 0 bridgehead atoms. The van der Waals surface area contributed by atoms with Crippen LogP contribution < -0.4 is 20.7 Å². The summed E-state index contributed by atoms with van der Waals surface area (Å²) in [5.41, 5.74) is 0.360. The fourth-order valence-electron chi connectivity index (χ4n) is 4.26.